The lowest BCUT2D eigenvalue weighted by Crippen LogP contribution is -2.50. The fraction of sp³-hybridized carbons (Fsp3) is 0.952. The molecule has 0 heterocycles. The van der Waals surface area contributed by atoms with E-state index in [1.165, 1.54) is 77.0 Å². The third kappa shape index (κ3) is 22.8. The third-order valence-corrected chi connectivity index (χ3v) is 10.8. The molecule has 0 fully saturated rings. The first-order valence-electron chi connectivity index (χ1n) is 20.0. The Balaban J connectivity index is 4.31. The van der Waals surface area contributed by atoms with Gasteiger partial charge in [0.2, 0.25) is 5.60 Å². The van der Waals surface area contributed by atoms with Crippen LogP contribution in [0.25, 0.3) is 0 Å². The van der Waals surface area contributed by atoms with Crippen LogP contribution in [0.5, 0.6) is 0 Å². The van der Waals surface area contributed by atoms with Gasteiger partial charge in [0, 0.05) is 12.8 Å². The van der Waals surface area contributed by atoms with Gasteiger partial charge < -0.3 is 10.2 Å². The minimum atomic E-state index is -2.25. The summed E-state index contributed by atoms with van der Waals surface area (Å²) in [7, 11) is 0. The molecule has 274 valence electrons. The Kier molecular flexibility index (Phi) is 25.7. The van der Waals surface area contributed by atoms with Gasteiger partial charge in [-0.3, -0.25) is 9.59 Å². The number of rotatable bonds is 31. The van der Waals surface area contributed by atoms with E-state index in [2.05, 4.69) is 55.4 Å². The summed E-state index contributed by atoms with van der Waals surface area (Å²) >= 11 is 0. The third-order valence-electron chi connectivity index (χ3n) is 10.8. The molecule has 0 rings (SSSR count). The Bertz CT molecular complexity index is 701. The Morgan fingerprint density at radius 1 is 0.413 bits per heavy atom. The SMILES string of the molecule is CC(C)CCCC(C)CCCC(C)CCCC(C)CC(=O)C(O)(CO)C(=O)CC(C)CCCC(C)CCCC(C)CCCC(C)C. The fourth-order valence-electron chi connectivity index (χ4n) is 7.09. The zero-order valence-corrected chi connectivity index (χ0v) is 32.7. The zero-order valence-electron chi connectivity index (χ0n) is 32.7. The summed E-state index contributed by atoms with van der Waals surface area (Å²) in [4.78, 5) is 26.1. The molecule has 0 radical (unpaired) electrons. The van der Waals surface area contributed by atoms with E-state index in [0.717, 1.165) is 62.2 Å². The van der Waals surface area contributed by atoms with Gasteiger partial charge in [-0.2, -0.15) is 0 Å². The van der Waals surface area contributed by atoms with E-state index in [0.29, 0.717) is 11.8 Å². The lowest BCUT2D eigenvalue weighted by Gasteiger charge is -2.26. The average molecular weight is 651 g/mol. The molecule has 6 unspecified atom stereocenters. The van der Waals surface area contributed by atoms with Gasteiger partial charge in [0.25, 0.3) is 0 Å². The van der Waals surface area contributed by atoms with Crippen LogP contribution < -0.4 is 0 Å². The van der Waals surface area contributed by atoms with Gasteiger partial charge in [-0.15, -0.1) is 0 Å². The normalized spacial score (nSPS) is 17.4. The summed E-state index contributed by atoms with van der Waals surface area (Å²) in [6.45, 7) is 21.9. The zero-order chi connectivity index (χ0) is 35.1. The predicted molar refractivity (Wildman–Crippen MR) is 199 cm³/mol. The van der Waals surface area contributed by atoms with Gasteiger partial charge in [0.05, 0.1) is 6.61 Å². The highest BCUT2D eigenvalue weighted by Crippen LogP contribution is 2.27. The van der Waals surface area contributed by atoms with Crippen LogP contribution >= 0.6 is 0 Å². The molecule has 46 heavy (non-hydrogen) atoms. The van der Waals surface area contributed by atoms with Gasteiger partial charge in [-0.05, 0) is 47.3 Å². The molecular formula is C42H82O4. The Morgan fingerprint density at radius 2 is 0.630 bits per heavy atom. The van der Waals surface area contributed by atoms with Crippen molar-refractivity contribution in [2.45, 2.75) is 203 Å². The van der Waals surface area contributed by atoms with Crippen molar-refractivity contribution in [1.29, 1.82) is 0 Å². The van der Waals surface area contributed by atoms with Crippen LogP contribution in [0.15, 0.2) is 0 Å². The smallest absolute Gasteiger partial charge is 0.204 e. The summed E-state index contributed by atoms with van der Waals surface area (Å²) in [6.07, 6.45) is 22.3. The molecule has 0 aromatic heterocycles. The van der Waals surface area contributed by atoms with Crippen molar-refractivity contribution in [3.8, 4) is 0 Å². The minimum absolute atomic E-state index is 0.0912. The highest BCUT2D eigenvalue weighted by molar-refractivity contribution is 6.10. The number of aliphatic hydroxyl groups excluding tert-OH is 1. The molecule has 0 aromatic rings. The number of aliphatic hydroxyl groups is 2. The molecule has 0 aliphatic carbocycles. The molecule has 6 atom stereocenters. The molecule has 2 N–H and O–H groups in total. The van der Waals surface area contributed by atoms with Crippen molar-refractivity contribution in [3.05, 3.63) is 0 Å². The van der Waals surface area contributed by atoms with Crippen LogP contribution in [-0.2, 0) is 9.59 Å². The second kappa shape index (κ2) is 26.2. The quantitative estimate of drug-likeness (QED) is 0.0732. The number of carbonyl (C=O) groups is 2. The lowest BCUT2D eigenvalue weighted by molar-refractivity contribution is -0.156. The van der Waals surface area contributed by atoms with E-state index < -0.39 is 23.8 Å². The van der Waals surface area contributed by atoms with Crippen molar-refractivity contribution >= 4 is 11.6 Å². The van der Waals surface area contributed by atoms with E-state index in [1.807, 2.05) is 13.8 Å². The van der Waals surface area contributed by atoms with Crippen molar-refractivity contribution in [3.63, 3.8) is 0 Å². The first kappa shape index (κ1) is 45.3. The molecule has 4 nitrogen and oxygen atoms in total. The van der Waals surface area contributed by atoms with Gasteiger partial charge >= 0.3 is 0 Å². The molecule has 0 amide bonds. The highest BCUT2D eigenvalue weighted by Gasteiger charge is 2.42. The van der Waals surface area contributed by atoms with Crippen molar-refractivity contribution in [2.24, 2.45) is 47.3 Å². The number of hydrogen-bond donors (Lipinski definition) is 2. The summed E-state index contributed by atoms with van der Waals surface area (Å²) in [5.74, 6) is 3.76. The maximum Gasteiger partial charge on any atom is 0.204 e. The molecule has 0 bridgehead atoms. The van der Waals surface area contributed by atoms with Crippen LogP contribution in [-0.4, -0.2) is 34.0 Å². The fourth-order valence-corrected chi connectivity index (χ4v) is 7.09. The van der Waals surface area contributed by atoms with Gasteiger partial charge in [0.1, 0.15) is 0 Å². The van der Waals surface area contributed by atoms with Crippen LogP contribution in [0, 0.1) is 47.3 Å². The molecular weight excluding hydrogens is 568 g/mol. The van der Waals surface area contributed by atoms with Crippen LogP contribution in [0.1, 0.15) is 198 Å². The largest absolute Gasteiger partial charge is 0.392 e. The molecule has 0 aromatic carbocycles. The predicted octanol–water partition coefficient (Wildman–Crippen LogP) is 11.8. The van der Waals surface area contributed by atoms with Gasteiger partial charge in [0.15, 0.2) is 11.6 Å². The second-order valence-corrected chi connectivity index (χ2v) is 17.3. The molecule has 0 spiro atoms. The molecule has 0 saturated heterocycles. The standard InChI is InChI=1S/C42H82O4/c1-32(2)17-11-19-34(5)21-13-23-36(7)25-15-27-38(9)29-40(44)42(46,31-43)41(45)30-39(10)28-16-26-37(8)24-14-22-35(6)20-12-18-33(3)4/h32-39,43,46H,11-31H2,1-10H3. The number of hydrogen-bond acceptors (Lipinski definition) is 4. The Labute approximate surface area is 288 Å². The first-order chi connectivity index (χ1) is 21.6. The van der Waals surface area contributed by atoms with Crippen LogP contribution in [0.3, 0.4) is 0 Å². The Morgan fingerprint density at radius 3 is 0.848 bits per heavy atom. The van der Waals surface area contributed by atoms with Crippen LogP contribution in [0.4, 0.5) is 0 Å². The average Bonchev–Trinajstić information content (AvgIpc) is 2.96. The van der Waals surface area contributed by atoms with E-state index in [4.69, 9.17) is 0 Å². The van der Waals surface area contributed by atoms with Crippen molar-refractivity contribution < 1.29 is 19.8 Å². The Hall–Kier alpha value is -0.740. The molecule has 0 aliphatic rings. The first-order valence-corrected chi connectivity index (χ1v) is 20.0. The van der Waals surface area contributed by atoms with E-state index in [9.17, 15) is 19.8 Å². The number of Topliss-reactive ketones (excluding diaryl/α,β-unsaturated/α-hetero) is 2. The maximum atomic E-state index is 13.1. The lowest BCUT2D eigenvalue weighted by atomic mass is 9.82. The van der Waals surface area contributed by atoms with Crippen LogP contribution in [0.2, 0.25) is 0 Å². The summed E-state index contributed by atoms with van der Waals surface area (Å²) in [5, 5.41) is 20.9. The van der Waals surface area contributed by atoms with E-state index >= 15 is 0 Å². The summed E-state index contributed by atoms with van der Waals surface area (Å²) in [6, 6.07) is 0. The van der Waals surface area contributed by atoms with E-state index in [1.54, 1.807) is 0 Å². The molecule has 0 saturated carbocycles. The topological polar surface area (TPSA) is 74.6 Å². The van der Waals surface area contributed by atoms with E-state index in [-0.39, 0.29) is 24.7 Å². The second-order valence-electron chi connectivity index (χ2n) is 17.3. The highest BCUT2D eigenvalue weighted by atomic mass is 16.3. The van der Waals surface area contributed by atoms with Gasteiger partial charge in [-0.1, -0.05) is 185 Å². The van der Waals surface area contributed by atoms with Gasteiger partial charge in [-0.25, -0.2) is 0 Å². The number of ketones is 2. The summed E-state index contributed by atoms with van der Waals surface area (Å²) < 4.78 is 0. The number of carbonyl (C=O) groups excluding carboxylic acids is 2. The molecule has 0 aliphatic heterocycles. The minimum Gasteiger partial charge on any atom is -0.392 e. The van der Waals surface area contributed by atoms with Crippen molar-refractivity contribution in [2.75, 3.05) is 6.61 Å². The summed E-state index contributed by atoms with van der Waals surface area (Å²) in [5.41, 5.74) is -2.25. The van der Waals surface area contributed by atoms with Crippen molar-refractivity contribution in [1.82, 2.24) is 0 Å². The monoisotopic (exact) mass is 651 g/mol. The molecule has 4 heteroatoms. The maximum absolute atomic E-state index is 13.1.